The number of hydrogen-bond acceptors (Lipinski definition) is 0. The van der Waals surface area contributed by atoms with Gasteiger partial charge in [-0.2, -0.15) is 0 Å². The first kappa shape index (κ1) is 9.27. The van der Waals surface area contributed by atoms with Gasteiger partial charge in [0.1, 0.15) is 0 Å². The third kappa shape index (κ3) is 14.1. The molecule has 0 aliphatic rings. The van der Waals surface area contributed by atoms with Gasteiger partial charge in [-0.1, -0.05) is 13.8 Å². The molecule has 0 N–H and O–H groups in total. The summed E-state index contributed by atoms with van der Waals surface area (Å²) in [6, 6.07) is 0. The molecular formula is C4H12. The molecule has 0 aliphatic heterocycles. The minimum absolute atomic E-state index is 0. The molecule has 0 aromatic carbocycles. The first-order chi connectivity index (χ1) is 2.00. The van der Waals surface area contributed by atoms with Crippen LogP contribution in [0.4, 0.5) is 0 Å². The van der Waals surface area contributed by atoms with E-state index in [2.05, 4.69) is 13.2 Å². The fourth-order valence-corrected chi connectivity index (χ4v) is 0. The fourth-order valence-electron chi connectivity index (χ4n) is 0. The molecule has 28 valence electrons. The number of rotatable bonds is 0. The molecule has 0 atom stereocenters. The van der Waals surface area contributed by atoms with Crippen LogP contribution in [-0.2, 0) is 0 Å². The van der Waals surface area contributed by atoms with E-state index in [1.54, 1.807) is 0 Å². The lowest BCUT2D eigenvalue weighted by molar-refractivity contribution is 1.50. The summed E-state index contributed by atoms with van der Waals surface area (Å²) in [6.07, 6.45) is 0. The Kier molecular flexibility index (Phi) is 285. The summed E-state index contributed by atoms with van der Waals surface area (Å²) in [5, 5.41) is 0. The predicted octanol–water partition coefficient (Wildman–Crippen LogP) is 2.07. The molecule has 4 heavy (non-hydrogen) atoms. The van der Waals surface area contributed by atoms with Gasteiger partial charge in [-0.05, 0) is 0 Å². The molecule has 0 saturated carbocycles. The second-order valence-corrected chi connectivity index (χ2v) is 0. The van der Waals surface area contributed by atoms with Crippen molar-refractivity contribution < 1.29 is 1.43 Å². The van der Waals surface area contributed by atoms with E-state index in [1.807, 2.05) is 13.8 Å². The summed E-state index contributed by atoms with van der Waals surface area (Å²) >= 11 is 0. The van der Waals surface area contributed by atoms with Gasteiger partial charge in [0, 0.05) is 1.43 Å². The van der Waals surface area contributed by atoms with Crippen LogP contribution in [0.25, 0.3) is 0 Å². The molecule has 0 heterocycles. The summed E-state index contributed by atoms with van der Waals surface area (Å²) in [5.41, 5.74) is 0. The lowest BCUT2D eigenvalue weighted by atomic mass is 11.0. The minimum Gasteiger partial charge on any atom is -0.106 e. The van der Waals surface area contributed by atoms with Gasteiger partial charge in [0.2, 0.25) is 0 Å². The zero-order chi connectivity index (χ0) is 4.00. The van der Waals surface area contributed by atoms with Crippen LogP contribution >= 0.6 is 0 Å². The molecular weight excluding hydrogens is 48.0 g/mol. The van der Waals surface area contributed by atoms with Crippen LogP contribution in [0.2, 0.25) is 0 Å². The van der Waals surface area contributed by atoms with Gasteiger partial charge in [-0.15, -0.1) is 13.2 Å². The van der Waals surface area contributed by atoms with Gasteiger partial charge in [-0.25, -0.2) is 0 Å². The van der Waals surface area contributed by atoms with Crippen molar-refractivity contribution in [3.63, 3.8) is 0 Å². The van der Waals surface area contributed by atoms with Crippen molar-refractivity contribution in [3.8, 4) is 0 Å². The Bertz CT molecular complexity index is 3.61. The van der Waals surface area contributed by atoms with E-state index in [0.717, 1.165) is 0 Å². The van der Waals surface area contributed by atoms with E-state index in [1.165, 1.54) is 0 Å². The van der Waals surface area contributed by atoms with Crippen molar-refractivity contribution >= 4 is 0 Å². The van der Waals surface area contributed by atoms with Crippen LogP contribution < -0.4 is 0 Å². The van der Waals surface area contributed by atoms with Crippen LogP contribution in [0.3, 0.4) is 0 Å². The highest BCUT2D eigenvalue weighted by Gasteiger charge is 0.932. The zero-order valence-electron chi connectivity index (χ0n) is 3.41. The van der Waals surface area contributed by atoms with E-state index in [4.69, 9.17) is 0 Å². The highest BCUT2D eigenvalue weighted by atomic mass is 13.0. The first-order valence-electron chi connectivity index (χ1n) is 1.50. The maximum atomic E-state index is 3.00. The largest absolute Gasteiger partial charge is 0.106 e. The Morgan fingerprint density at radius 3 is 1.25 bits per heavy atom. The molecule has 0 radical (unpaired) electrons. The molecule has 0 saturated heterocycles. The first-order valence-corrected chi connectivity index (χ1v) is 1.50. The Balaban J connectivity index is -0.0000000133. The summed E-state index contributed by atoms with van der Waals surface area (Å²) in [7, 11) is 0. The van der Waals surface area contributed by atoms with Crippen molar-refractivity contribution in [2.75, 3.05) is 0 Å². The van der Waals surface area contributed by atoms with Gasteiger partial charge in [0.25, 0.3) is 0 Å². The van der Waals surface area contributed by atoms with Crippen LogP contribution in [0.5, 0.6) is 0 Å². The van der Waals surface area contributed by atoms with Gasteiger partial charge >= 0.3 is 0 Å². The Morgan fingerprint density at radius 1 is 1.25 bits per heavy atom. The Hall–Kier alpha value is -0.260. The van der Waals surface area contributed by atoms with Crippen molar-refractivity contribution in [1.29, 1.82) is 0 Å². The standard InChI is InChI=1S/C2H6.C2H4.H2/c2*1-2;/h1-2H3;1-2H2;1H/i;;1+1. The van der Waals surface area contributed by atoms with Gasteiger partial charge < -0.3 is 0 Å². The summed E-state index contributed by atoms with van der Waals surface area (Å²) in [4.78, 5) is 0. The van der Waals surface area contributed by atoms with E-state index in [-0.39, 0.29) is 1.43 Å². The Morgan fingerprint density at radius 2 is 1.25 bits per heavy atom. The summed E-state index contributed by atoms with van der Waals surface area (Å²) < 4.78 is 0. The summed E-state index contributed by atoms with van der Waals surface area (Å²) in [6.45, 7) is 10.0. The molecule has 0 spiro atoms. The van der Waals surface area contributed by atoms with Crippen molar-refractivity contribution in [3.05, 3.63) is 13.2 Å². The lowest BCUT2D eigenvalue weighted by Crippen LogP contribution is -0.856. The smallest absolute Gasteiger partial charge is 0 e. The van der Waals surface area contributed by atoms with E-state index < -0.39 is 0 Å². The SMILES string of the molecule is C=C.CC.[2HH]. The topological polar surface area (TPSA) is 0 Å². The van der Waals surface area contributed by atoms with Crippen molar-refractivity contribution in [2.24, 2.45) is 0 Å². The average molecular weight is 61.1 g/mol. The Labute approximate surface area is 29.6 Å². The quantitative estimate of drug-likeness (QED) is 0.376. The van der Waals surface area contributed by atoms with Crippen LogP contribution in [0.15, 0.2) is 13.2 Å². The third-order valence-corrected chi connectivity index (χ3v) is 0. The molecule has 0 heteroatoms. The predicted molar refractivity (Wildman–Crippen MR) is 24.7 cm³/mol. The molecule has 0 aliphatic carbocycles. The minimum atomic E-state index is 0. The van der Waals surface area contributed by atoms with Crippen LogP contribution in [-0.4, -0.2) is 0 Å². The van der Waals surface area contributed by atoms with Crippen molar-refractivity contribution in [2.45, 2.75) is 13.8 Å². The van der Waals surface area contributed by atoms with Crippen molar-refractivity contribution in [1.82, 2.24) is 0 Å². The maximum Gasteiger partial charge on any atom is 0 e. The van der Waals surface area contributed by atoms with Gasteiger partial charge in [0.05, 0.1) is 0 Å². The molecule has 0 unspecified atom stereocenters. The maximum absolute atomic E-state index is 3.00. The molecule has 0 nitrogen and oxygen atoms in total. The molecule has 0 aromatic rings. The van der Waals surface area contributed by atoms with E-state index in [0.29, 0.717) is 0 Å². The van der Waals surface area contributed by atoms with Gasteiger partial charge in [0.15, 0.2) is 0 Å². The molecule has 0 amide bonds. The normalized spacial score (nSPS) is 2.50. The van der Waals surface area contributed by atoms with E-state index in [9.17, 15) is 0 Å². The second kappa shape index (κ2) is 123. The monoisotopic (exact) mass is 61.1 g/mol. The molecule has 0 bridgehead atoms. The van der Waals surface area contributed by atoms with Gasteiger partial charge in [-0.3, -0.25) is 0 Å². The lowest BCUT2D eigenvalue weighted by Gasteiger charge is -1.07. The fraction of sp³-hybridized carbons (Fsp3) is 0.500. The molecule has 0 rings (SSSR count). The highest BCUT2D eigenvalue weighted by molar-refractivity contribution is 4.22. The zero-order valence-corrected chi connectivity index (χ0v) is 3.41. The molecule has 0 aromatic heterocycles. The second-order valence-electron chi connectivity index (χ2n) is 0. The summed E-state index contributed by atoms with van der Waals surface area (Å²) in [5.74, 6) is 0. The third-order valence-electron chi connectivity index (χ3n) is 0. The van der Waals surface area contributed by atoms with Crippen LogP contribution in [0, 0.1) is 0 Å². The molecule has 0 fully saturated rings. The van der Waals surface area contributed by atoms with E-state index >= 15 is 0 Å². The number of hydrogen-bond donors (Lipinski definition) is 0. The average Bonchev–Trinajstić information content (AvgIpc) is 1.50. The highest BCUT2D eigenvalue weighted by Crippen LogP contribution is 1.14. The van der Waals surface area contributed by atoms with Crippen LogP contribution in [0.1, 0.15) is 15.3 Å².